The van der Waals surface area contributed by atoms with E-state index in [-0.39, 0.29) is 5.69 Å². The van der Waals surface area contributed by atoms with Gasteiger partial charge in [0.2, 0.25) is 0 Å². The zero-order chi connectivity index (χ0) is 16.1. The normalized spacial score (nSPS) is 10.8. The van der Waals surface area contributed by atoms with Crippen LogP contribution in [0.1, 0.15) is 29.7 Å². The molecule has 0 saturated heterocycles. The van der Waals surface area contributed by atoms with Crippen molar-refractivity contribution in [3.05, 3.63) is 42.0 Å². The molecule has 0 bridgehead atoms. The van der Waals surface area contributed by atoms with Gasteiger partial charge in [0.1, 0.15) is 12.1 Å². The summed E-state index contributed by atoms with van der Waals surface area (Å²) in [7, 11) is 0. The number of aromatic nitrogens is 3. The number of hydrogen-bond donors (Lipinski definition) is 2. The topological polar surface area (TPSA) is 93.0 Å². The van der Waals surface area contributed by atoms with Crippen LogP contribution in [0.25, 0.3) is 11.0 Å². The quantitative estimate of drug-likeness (QED) is 0.514. The van der Waals surface area contributed by atoms with E-state index < -0.39 is 5.97 Å². The van der Waals surface area contributed by atoms with Crippen LogP contribution in [-0.4, -0.2) is 34.1 Å². The van der Waals surface area contributed by atoms with Crippen LogP contribution in [0, 0.1) is 0 Å². The first-order valence-electron chi connectivity index (χ1n) is 7.56. The fourth-order valence-electron chi connectivity index (χ4n) is 2.23. The summed E-state index contributed by atoms with van der Waals surface area (Å²) in [6.07, 6.45) is 2.96. The Labute approximate surface area is 133 Å². The van der Waals surface area contributed by atoms with Crippen LogP contribution < -0.4 is 5.32 Å². The number of nitrogens with one attached hydrogen (secondary N) is 2. The average Bonchev–Trinajstić information content (AvgIpc) is 3.18. The summed E-state index contributed by atoms with van der Waals surface area (Å²) in [4.78, 5) is 23.3. The molecule has 7 heteroatoms. The van der Waals surface area contributed by atoms with Crippen molar-refractivity contribution in [1.29, 1.82) is 0 Å². The molecule has 7 nitrogen and oxygen atoms in total. The molecule has 3 rings (SSSR count). The van der Waals surface area contributed by atoms with E-state index in [0.717, 1.165) is 29.7 Å². The lowest BCUT2D eigenvalue weighted by molar-refractivity contribution is 0.0519. The minimum atomic E-state index is -0.480. The number of para-hydroxylation sites is 2. The number of esters is 1. The molecular weight excluding hydrogens is 296 g/mol. The lowest BCUT2D eigenvalue weighted by atomic mass is 10.3. The number of hydrogen-bond acceptors (Lipinski definition) is 6. The summed E-state index contributed by atoms with van der Waals surface area (Å²) in [6, 6.07) is 8.26. The molecule has 0 atom stereocenters. The standard InChI is InChI=1S/C16H18N4O3/c1-2-22-15(21)13-10-23-16(20-13)17-9-5-8-14-18-11-6-3-4-7-12(11)19-14/h3-4,6-7,10H,2,5,8-9H2,1H3,(H,17,20)(H,18,19). The van der Waals surface area contributed by atoms with Gasteiger partial charge in [0.15, 0.2) is 5.69 Å². The van der Waals surface area contributed by atoms with Gasteiger partial charge in [-0.15, -0.1) is 0 Å². The largest absolute Gasteiger partial charge is 0.461 e. The van der Waals surface area contributed by atoms with E-state index in [1.54, 1.807) is 6.92 Å². The predicted octanol–water partition coefficient (Wildman–Crippen LogP) is 2.77. The number of ether oxygens (including phenoxy) is 1. The van der Waals surface area contributed by atoms with Crippen LogP contribution in [0.2, 0.25) is 0 Å². The summed E-state index contributed by atoms with van der Waals surface area (Å²) in [6.45, 7) is 2.72. The molecule has 2 aromatic heterocycles. The van der Waals surface area contributed by atoms with Gasteiger partial charge in [-0.05, 0) is 25.5 Å². The van der Waals surface area contributed by atoms with Gasteiger partial charge in [-0.3, -0.25) is 0 Å². The third-order valence-electron chi connectivity index (χ3n) is 3.29. The molecule has 0 aliphatic heterocycles. The van der Waals surface area contributed by atoms with Crippen molar-refractivity contribution in [2.45, 2.75) is 19.8 Å². The van der Waals surface area contributed by atoms with E-state index in [0.29, 0.717) is 19.2 Å². The molecule has 1 aromatic carbocycles. The maximum atomic E-state index is 11.5. The number of nitrogens with zero attached hydrogens (tertiary/aromatic N) is 2. The number of aromatic amines is 1. The van der Waals surface area contributed by atoms with E-state index in [1.807, 2.05) is 24.3 Å². The highest BCUT2D eigenvalue weighted by Crippen LogP contribution is 2.12. The third-order valence-corrected chi connectivity index (χ3v) is 3.29. The van der Waals surface area contributed by atoms with Crippen molar-refractivity contribution >= 4 is 23.0 Å². The van der Waals surface area contributed by atoms with Crippen LogP contribution >= 0.6 is 0 Å². The van der Waals surface area contributed by atoms with Gasteiger partial charge >= 0.3 is 5.97 Å². The highest BCUT2D eigenvalue weighted by molar-refractivity contribution is 5.87. The van der Waals surface area contributed by atoms with Gasteiger partial charge in [0.05, 0.1) is 17.6 Å². The van der Waals surface area contributed by atoms with Crippen LogP contribution in [-0.2, 0) is 11.2 Å². The second-order valence-corrected chi connectivity index (χ2v) is 4.99. The second kappa shape index (κ2) is 6.95. The summed E-state index contributed by atoms with van der Waals surface area (Å²) in [5, 5.41) is 3.04. The highest BCUT2D eigenvalue weighted by atomic mass is 16.5. The first kappa shape index (κ1) is 15.1. The number of rotatable bonds is 7. The molecule has 2 N–H and O–H groups in total. The molecule has 0 unspecified atom stereocenters. The number of H-pyrrole nitrogens is 1. The SMILES string of the molecule is CCOC(=O)c1coc(NCCCc2nc3ccccc3[nH]2)n1. The Bertz CT molecular complexity index is 760. The highest BCUT2D eigenvalue weighted by Gasteiger charge is 2.12. The fourth-order valence-corrected chi connectivity index (χ4v) is 2.23. The maximum absolute atomic E-state index is 11.5. The number of carbonyl (C=O) groups is 1. The lowest BCUT2D eigenvalue weighted by Gasteiger charge is -2.00. The molecule has 3 aromatic rings. The molecule has 0 fully saturated rings. The van der Waals surface area contributed by atoms with E-state index in [1.165, 1.54) is 6.26 Å². The van der Waals surface area contributed by atoms with Crippen LogP contribution in [0.3, 0.4) is 0 Å². The Morgan fingerprint density at radius 1 is 1.35 bits per heavy atom. The first-order valence-corrected chi connectivity index (χ1v) is 7.56. The Hall–Kier alpha value is -2.83. The van der Waals surface area contributed by atoms with E-state index in [4.69, 9.17) is 9.15 Å². The summed E-state index contributed by atoms with van der Waals surface area (Å²) in [5.41, 5.74) is 2.19. The zero-order valence-electron chi connectivity index (χ0n) is 12.8. The van der Waals surface area contributed by atoms with Crippen molar-refractivity contribution in [2.24, 2.45) is 0 Å². The average molecular weight is 314 g/mol. The smallest absolute Gasteiger partial charge is 0.360 e. The van der Waals surface area contributed by atoms with Gasteiger partial charge in [0, 0.05) is 13.0 Å². The van der Waals surface area contributed by atoms with Crippen LogP contribution in [0.4, 0.5) is 6.01 Å². The molecule has 0 radical (unpaired) electrons. The molecule has 0 aliphatic carbocycles. The lowest BCUT2D eigenvalue weighted by Crippen LogP contribution is -2.07. The van der Waals surface area contributed by atoms with Crippen molar-refractivity contribution in [3.8, 4) is 0 Å². The van der Waals surface area contributed by atoms with Crippen LogP contribution in [0.5, 0.6) is 0 Å². The molecule has 0 aliphatic rings. The first-order chi connectivity index (χ1) is 11.3. The molecule has 0 amide bonds. The number of carbonyl (C=O) groups excluding carboxylic acids is 1. The molecule has 23 heavy (non-hydrogen) atoms. The van der Waals surface area contributed by atoms with E-state index >= 15 is 0 Å². The number of anilines is 1. The molecule has 2 heterocycles. The van der Waals surface area contributed by atoms with Gasteiger partial charge in [-0.25, -0.2) is 9.78 Å². The van der Waals surface area contributed by atoms with Gasteiger partial charge < -0.3 is 19.5 Å². The van der Waals surface area contributed by atoms with E-state index in [9.17, 15) is 4.79 Å². The number of benzene rings is 1. The van der Waals surface area contributed by atoms with Crippen molar-refractivity contribution in [1.82, 2.24) is 15.0 Å². The summed E-state index contributed by atoms with van der Waals surface area (Å²) in [5.74, 6) is 0.471. The number of fused-ring (bicyclic) bond motifs is 1. The molecule has 120 valence electrons. The minimum absolute atomic E-state index is 0.173. The number of aryl methyl sites for hydroxylation is 1. The second-order valence-electron chi connectivity index (χ2n) is 4.99. The monoisotopic (exact) mass is 314 g/mol. The Kier molecular flexibility index (Phi) is 4.56. The summed E-state index contributed by atoms with van der Waals surface area (Å²) >= 11 is 0. The Morgan fingerprint density at radius 2 is 2.22 bits per heavy atom. The van der Waals surface area contributed by atoms with Crippen molar-refractivity contribution in [2.75, 3.05) is 18.5 Å². The van der Waals surface area contributed by atoms with Gasteiger partial charge in [-0.2, -0.15) is 4.98 Å². The van der Waals surface area contributed by atoms with Gasteiger partial charge in [-0.1, -0.05) is 12.1 Å². The van der Waals surface area contributed by atoms with E-state index in [2.05, 4.69) is 20.3 Å². The molecule has 0 spiro atoms. The third kappa shape index (κ3) is 3.68. The van der Waals surface area contributed by atoms with Crippen molar-refractivity contribution < 1.29 is 13.9 Å². The van der Waals surface area contributed by atoms with Crippen molar-refractivity contribution in [3.63, 3.8) is 0 Å². The fraction of sp³-hybridized carbons (Fsp3) is 0.312. The minimum Gasteiger partial charge on any atom is -0.461 e. The predicted molar refractivity (Wildman–Crippen MR) is 85.4 cm³/mol. The molecule has 0 saturated carbocycles. The summed E-state index contributed by atoms with van der Waals surface area (Å²) < 4.78 is 10.0. The number of imidazole rings is 1. The van der Waals surface area contributed by atoms with Gasteiger partial charge in [0.25, 0.3) is 6.01 Å². The zero-order valence-corrected chi connectivity index (χ0v) is 12.8. The Balaban J connectivity index is 1.47. The van der Waals surface area contributed by atoms with Crippen LogP contribution in [0.15, 0.2) is 34.9 Å². The maximum Gasteiger partial charge on any atom is 0.360 e. The molecular formula is C16H18N4O3. The Morgan fingerprint density at radius 3 is 3.04 bits per heavy atom. The number of oxazole rings is 1.